The van der Waals surface area contributed by atoms with Gasteiger partial charge in [-0.05, 0) is 6.42 Å². The van der Waals surface area contributed by atoms with E-state index < -0.39 is 0 Å². The average molecular weight is 190 g/mol. The number of carbonyl (C=O) groups is 2. The number of halogens is 1. The summed E-state index contributed by atoms with van der Waals surface area (Å²) in [7, 11) is 0. The summed E-state index contributed by atoms with van der Waals surface area (Å²) < 4.78 is 0. The van der Waals surface area contributed by atoms with E-state index in [1.807, 2.05) is 6.92 Å². The smallest absolute Gasteiger partial charge is 0.231 e. The summed E-state index contributed by atoms with van der Waals surface area (Å²) >= 11 is 5.87. The Morgan fingerprint density at radius 2 is 2.25 bits per heavy atom. The lowest BCUT2D eigenvalue weighted by Gasteiger charge is -2.24. The fourth-order valence-corrected chi connectivity index (χ4v) is 1.77. The SMILES string of the molecule is CCCC1C(=O)NC(=O)CC1Cl. The van der Waals surface area contributed by atoms with E-state index in [0.717, 1.165) is 12.8 Å². The maximum Gasteiger partial charge on any atom is 0.231 e. The highest BCUT2D eigenvalue weighted by Gasteiger charge is 2.33. The number of hydrogen-bond donors (Lipinski definition) is 1. The zero-order valence-electron chi connectivity index (χ0n) is 6.97. The molecule has 0 aromatic carbocycles. The van der Waals surface area contributed by atoms with Crippen molar-refractivity contribution in [1.29, 1.82) is 0 Å². The van der Waals surface area contributed by atoms with Gasteiger partial charge in [0.25, 0.3) is 0 Å². The molecule has 2 amide bonds. The summed E-state index contributed by atoms with van der Waals surface area (Å²) in [5, 5.41) is 1.97. The van der Waals surface area contributed by atoms with Crippen LogP contribution in [0.1, 0.15) is 26.2 Å². The summed E-state index contributed by atoms with van der Waals surface area (Å²) in [4.78, 5) is 22.0. The Kier molecular flexibility index (Phi) is 3.09. The van der Waals surface area contributed by atoms with E-state index in [-0.39, 0.29) is 29.5 Å². The van der Waals surface area contributed by atoms with Crippen LogP contribution in [-0.4, -0.2) is 17.2 Å². The molecule has 1 saturated heterocycles. The molecule has 68 valence electrons. The second-order valence-corrected chi connectivity index (χ2v) is 3.59. The lowest BCUT2D eigenvalue weighted by atomic mass is 9.93. The van der Waals surface area contributed by atoms with Gasteiger partial charge in [-0.1, -0.05) is 13.3 Å². The normalized spacial score (nSPS) is 30.2. The number of rotatable bonds is 2. The van der Waals surface area contributed by atoms with Crippen LogP contribution in [-0.2, 0) is 9.59 Å². The molecule has 1 aliphatic heterocycles. The predicted molar refractivity (Wildman–Crippen MR) is 45.8 cm³/mol. The highest BCUT2D eigenvalue weighted by atomic mass is 35.5. The Hall–Kier alpha value is -0.570. The minimum atomic E-state index is -0.314. The van der Waals surface area contributed by atoms with Gasteiger partial charge in [0.15, 0.2) is 0 Å². The van der Waals surface area contributed by atoms with Crippen LogP contribution in [0.5, 0.6) is 0 Å². The number of imide groups is 1. The third-order valence-corrected chi connectivity index (χ3v) is 2.47. The van der Waals surface area contributed by atoms with Crippen molar-refractivity contribution in [3.05, 3.63) is 0 Å². The number of carbonyl (C=O) groups excluding carboxylic acids is 2. The third-order valence-electron chi connectivity index (χ3n) is 2.02. The molecule has 0 aromatic rings. The number of amides is 2. The van der Waals surface area contributed by atoms with Crippen LogP contribution in [0.15, 0.2) is 0 Å². The Morgan fingerprint density at radius 3 is 2.75 bits per heavy atom. The van der Waals surface area contributed by atoms with E-state index >= 15 is 0 Å². The molecule has 0 radical (unpaired) electrons. The Bertz CT molecular complexity index is 205. The molecule has 1 aliphatic rings. The largest absolute Gasteiger partial charge is 0.296 e. The molecule has 4 heteroatoms. The summed E-state index contributed by atoms with van der Waals surface area (Å²) in [6, 6.07) is 0. The van der Waals surface area contributed by atoms with Gasteiger partial charge in [-0.25, -0.2) is 0 Å². The monoisotopic (exact) mass is 189 g/mol. The molecule has 0 aromatic heterocycles. The van der Waals surface area contributed by atoms with Crippen molar-refractivity contribution in [3.8, 4) is 0 Å². The Balaban J connectivity index is 2.60. The highest BCUT2D eigenvalue weighted by molar-refractivity contribution is 6.25. The van der Waals surface area contributed by atoms with Crippen LogP contribution in [0.25, 0.3) is 0 Å². The standard InChI is InChI=1S/C8H12ClNO2/c1-2-3-5-6(9)4-7(11)10-8(5)12/h5-6H,2-4H2,1H3,(H,10,11,12). The highest BCUT2D eigenvalue weighted by Crippen LogP contribution is 2.23. The zero-order valence-corrected chi connectivity index (χ0v) is 7.73. The zero-order chi connectivity index (χ0) is 9.14. The molecule has 1 heterocycles. The van der Waals surface area contributed by atoms with Crippen LogP contribution < -0.4 is 5.32 Å². The van der Waals surface area contributed by atoms with E-state index in [1.165, 1.54) is 0 Å². The van der Waals surface area contributed by atoms with Crippen molar-refractivity contribution in [2.45, 2.75) is 31.6 Å². The topological polar surface area (TPSA) is 46.2 Å². The molecule has 0 spiro atoms. The summed E-state index contributed by atoms with van der Waals surface area (Å²) in [6.45, 7) is 1.99. The van der Waals surface area contributed by atoms with E-state index in [1.54, 1.807) is 0 Å². The lowest BCUT2D eigenvalue weighted by molar-refractivity contribution is -0.136. The van der Waals surface area contributed by atoms with Gasteiger partial charge in [0.1, 0.15) is 0 Å². The fourth-order valence-electron chi connectivity index (χ4n) is 1.39. The molecule has 1 rings (SSSR count). The first-order valence-electron chi connectivity index (χ1n) is 4.13. The van der Waals surface area contributed by atoms with Gasteiger partial charge in [-0.3, -0.25) is 14.9 Å². The second kappa shape index (κ2) is 3.90. The van der Waals surface area contributed by atoms with Crippen LogP contribution >= 0.6 is 11.6 Å². The second-order valence-electron chi connectivity index (χ2n) is 3.03. The fraction of sp³-hybridized carbons (Fsp3) is 0.750. The van der Waals surface area contributed by atoms with E-state index in [2.05, 4.69) is 5.32 Å². The minimum Gasteiger partial charge on any atom is -0.296 e. The van der Waals surface area contributed by atoms with Gasteiger partial charge >= 0.3 is 0 Å². The van der Waals surface area contributed by atoms with E-state index in [0.29, 0.717) is 0 Å². The van der Waals surface area contributed by atoms with Crippen molar-refractivity contribution in [2.24, 2.45) is 5.92 Å². The molecule has 0 bridgehead atoms. The summed E-state index contributed by atoms with van der Waals surface area (Å²) in [5.74, 6) is -0.658. The van der Waals surface area contributed by atoms with Crippen LogP contribution in [0, 0.1) is 5.92 Å². The number of piperidine rings is 1. The number of nitrogens with one attached hydrogen (secondary N) is 1. The van der Waals surface area contributed by atoms with Crippen molar-refractivity contribution in [2.75, 3.05) is 0 Å². The predicted octanol–water partition coefficient (Wildman–Crippen LogP) is 1.06. The Morgan fingerprint density at radius 1 is 1.58 bits per heavy atom. The first-order valence-corrected chi connectivity index (χ1v) is 4.56. The molecular formula is C8H12ClNO2. The lowest BCUT2D eigenvalue weighted by Crippen LogP contribution is -2.46. The minimum absolute atomic E-state index is 0.186. The van der Waals surface area contributed by atoms with Crippen LogP contribution in [0.3, 0.4) is 0 Å². The quantitative estimate of drug-likeness (QED) is 0.522. The molecular weight excluding hydrogens is 178 g/mol. The molecule has 2 atom stereocenters. The average Bonchev–Trinajstić information content (AvgIpc) is 1.96. The van der Waals surface area contributed by atoms with Gasteiger partial charge in [0.2, 0.25) is 11.8 Å². The molecule has 0 saturated carbocycles. The first kappa shape index (κ1) is 9.52. The van der Waals surface area contributed by atoms with Gasteiger partial charge in [0, 0.05) is 6.42 Å². The molecule has 0 aliphatic carbocycles. The maximum atomic E-state index is 11.2. The van der Waals surface area contributed by atoms with Crippen LogP contribution in [0.4, 0.5) is 0 Å². The first-order chi connectivity index (χ1) is 5.65. The maximum absolute atomic E-state index is 11.2. The van der Waals surface area contributed by atoms with Crippen LogP contribution in [0.2, 0.25) is 0 Å². The van der Waals surface area contributed by atoms with E-state index in [9.17, 15) is 9.59 Å². The van der Waals surface area contributed by atoms with Gasteiger partial charge < -0.3 is 0 Å². The summed E-state index contributed by atoms with van der Waals surface area (Å²) in [6.07, 6.45) is 1.93. The molecule has 1 N–H and O–H groups in total. The number of alkyl halides is 1. The Labute approximate surface area is 76.5 Å². The van der Waals surface area contributed by atoms with Gasteiger partial charge in [-0.15, -0.1) is 11.6 Å². The number of hydrogen-bond acceptors (Lipinski definition) is 2. The van der Waals surface area contributed by atoms with Crippen molar-refractivity contribution < 1.29 is 9.59 Å². The van der Waals surface area contributed by atoms with Crippen molar-refractivity contribution in [1.82, 2.24) is 5.32 Å². The van der Waals surface area contributed by atoms with E-state index in [4.69, 9.17) is 11.6 Å². The third kappa shape index (κ3) is 1.97. The van der Waals surface area contributed by atoms with Crippen molar-refractivity contribution in [3.63, 3.8) is 0 Å². The molecule has 3 nitrogen and oxygen atoms in total. The van der Waals surface area contributed by atoms with Gasteiger partial charge in [-0.2, -0.15) is 0 Å². The molecule has 1 fully saturated rings. The summed E-state index contributed by atoms with van der Waals surface area (Å²) in [5.41, 5.74) is 0. The van der Waals surface area contributed by atoms with Crippen molar-refractivity contribution >= 4 is 23.4 Å². The molecule has 12 heavy (non-hydrogen) atoms. The molecule has 2 unspecified atom stereocenters. The van der Waals surface area contributed by atoms with Gasteiger partial charge in [0.05, 0.1) is 11.3 Å².